The molecule has 82 valence electrons. The Morgan fingerprint density at radius 3 is 2.67 bits per heavy atom. The zero-order valence-electron chi connectivity index (χ0n) is 8.06. The molecule has 1 rings (SSSR count). The highest BCUT2D eigenvalue weighted by Crippen LogP contribution is 2.24. The number of benzene rings is 1. The fraction of sp³-hybridized carbons (Fsp3) is 0.222. The van der Waals surface area contributed by atoms with Crippen LogP contribution in [0.25, 0.3) is 0 Å². The maximum Gasteiger partial charge on any atom is 0.335 e. The third-order valence-electron chi connectivity index (χ3n) is 1.73. The Morgan fingerprint density at radius 2 is 2.20 bits per heavy atom. The maximum absolute atomic E-state index is 11.1. The average Bonchev–Trinajstić information content (AvgIpc) is 2.20. The summed E-state index contributed by atoms with van der Waals surface area (Å²) in [5.41, 5.74) is 0.250. The first-order valence-electron chi connectivity index (χ1n) is 4.26. The van der Waals surface area contributed by atoms with Gasteiger partial charge in [-0.05, 0) is 18.2 Å². The lowest BCUT2D eigenvalue weighted by Crippen LogP contribution is -2.06. The fourth-order valence-electron chi connectivity index (χ4n) is 0.946. The number of nitrogens with one attached hydrogen (secondary N) is 1. The monoisotopic (exact) mass is 229 g/mol. The van der Waals surface area contributed by atoms with Crippen molar-refractivity contribution < 1.29 is 19.2 Å². The summed E-state index contributed by atoms with van der Waals surface area (Å²) in [6.07, 6.45) is 0. The SMILES string of the molecule is CCS(=O)Nc1ccc(C(=O)O)cc1O. The van der Waals surface area contributed by atoms with Crippen molar-refractivity contribution >= 4 is 22.6 Å². The van der Waals surface area contributed by atoms with Crippen LogP contribution in [0, 0.1) is 0 Å². The molecule has 0 radical (unpaired) electrons. The highest BCUT2D eigenvalue weighted by Gasteiger charge is 2.08. The molecule has 0 aliphatic carbocycles. The predicted molar refractivity (Wildman–Crippen MR) is 57.4 cm³/mol. The lowest BCUT2D eigenvalue weighted by Gasteiger charge is -2.06. The van der Waals surface area contributed by atoms with E-state index < -0.39 is 17.0 Å². The molecule has 0 saturated carbocycles. The van der Waals surface area contributed by atoms with Crippen LogP contribution in [0.5, 0.6) is 5.75 Å². The van der Waals surface area contributed by atoms with Gasteiger partial charge in [-0.1, -0.05) is 6.92 Å². The molecular formula is C9H11NO4S. The minimum atomic E-state index is -1.26. The van der Waals surface area contributed by atoms with E-state index in [0.717, 1.165) is 6.07 Å². The molecule has 3 N–H and O–H groups in total. The van der Waals surface area contributed by atoms with Crippen LogP contribution < -0.4 is 4.72 Å². The molecule has 0 heterocycles. The second-order valence-corrected chi connectivity index (χ2v) is 4.25. The topological polar surface area (TPSA) is 86.6 Å². The van der Waals surface area contributed by atoms with E-state index in [1.165, 1.54) is 12.1 Å². The summed E-state index contributed by atoms with van der Waals surface area (Å²) in [4.78, 5) is 10.6. The third kappa shape index (κ3) is 2.95. The van der Waals surface area contributed by atoms with Crippen molar-refractivity contribution in [2.24, 2.45) is 0 Å². The second-order valence-electron chi connectivity index (χ2n) is 2.77. The normalized spacial score (nSPS) is 12.1. The molecule has 1 atom stereocenters. The van der Waals surface area contributed by atoms with E-state index in [4.69, 9.17) is 5.11 Å². The Hall–Kier alpha value is -1.56. The van der Waals surface area contributed by atoms with Gasteiger partial charge in [0.2, 0.25) is 0 Å². The van der Waals surface area contributed by atoms with Gasteiger partial charge in [-0.2, -0.15) is 0 Å². The molecule has 5 nitrogen and oxygen atoms in total. The number of anilines is 1. The average molecular weight is 229 g/mol. The summed E-state index contributed by atoms with van der Waals surface area (Å²) in [5.74, 6) is -0.940. The number of aromatic carboxylic acids is 1. The molecule has 6 heteroatoms. The Morgan fingerprint density at radius 1 is 1.53 bits per heavy atom. The van der Waals surface area contributed by atoms with Gasteiger partial charge in [0.15, 0.2) is 0 Å². The Bertz CT molecular complexity index is 405. The fourth-order valence-corrected chi connectivity index (χ4v) is 1.51. The third-order valence-corrected chi connectivity index (χ3v) is 2.70. The molecule has 0 amide bonds. The highest BCUT2D eigenvalue weighted by atomic mass is 32.2. The largest absolute Gasteiger partial charge is 0.506 e. The van der Waals surface area contributed by atoms with Crippen LogP contribution in [0.15, 0.2) is 18.2 Å². The van der Waals surface area contributed by atoms with E-state index in [9.17, 15) is 14.1 Å². The first-order valence-corrected chi connectivity index (χ1v) is 5.57. The van der Waals surface area contributed by atoms with Crippen molar-refractivity contribution in [3.63, 3.8) is 0 Å². The van der Waals surface area contributed by atoms with Crippen LogP contribution in [0.2, 0.25) is 0 Å². The molecular weight excluding hydrogens is 218 g/mol. The summed E-state index contributed by atoms with van der Waals surface area (Å²) < 4.78 is 13.7. The summed E-state index contributed by atoms with van der Waals surface area (Å²) in [7, 11) is -1.26. The molecule has 0 aliphatic rings. The van der Waals surface area contributed by atoms with Gasteiger partial charge in [0.05, 0.1) is 11.3 Å². The maximum atomic E-state index is 11.1. The molecule has 1 aromatic carbocycles. The van der Waals surface area contributed by atoms with Gasteiger partial charge in [0.25, 0.3) is 0 Å². The van der Waals surface area contributed by atoms with E-state index in [0.29, 0.717) is 5.75 Å². The number of aromatic hydroxyl groups is 1. The summed E-state index contributed by atoms with van der Waals surface area (Å²) in [6, 6.07) is 3.82. The van der Waals surface area contributed by atoms with Crippen molar-refractivity contribution in [2.45, 2.75) is 6.92 Å². The van der Waals surface area contributed by atoms with Gasteiger partial charge >= 0.3 is 5.97 Å². The van der Waals surface area contributed by atoms with E-state index in [1.807, 2.05) is 0 Å². The van der Waals surface area contributed by atoms with Crippen LogP contribution in [-0.2, 0) is 11.0 Å². The Kier molecular flexibility index (Phi) is 3.68. The van der Waals surface area contributed by atoms with Crippen molar-refractivity contribution in [1.82, 2.24) is 0 Å². The molecule has 0 aromatic heterocycles. The first kappa shape index (κ1) is 11.5. The van der Waals surface area contributed by atoms with Crippen LogP contribution in [-0.4, -0.2) is 26.1 Å². The number of phenols is 1. The minimum absolute atomic E-state index is 0.0136. The van der Waals surface area contributed by atoms with Gasteiger partial charge in [-0.25, -0.2) is 9.00 Å². The number of phenolic OH excluding ortho intramolecular Hbond substituents is 1. The van der Waals surface area contributed by atoms with Crippen molar-refractivity contribution in [3.05, 3.63) is 23.8 Å². The summed E-state index contributed by atoms with van der Waals surface area (Å²) in [6.45, 7) is 1.73. The lowest BCUT2D eigenvalue weighted by atomic mass is 10.2. The molecule has 0 spiro atoms. The van der Waals surface area contributed by atoms with E-state index in [-0.39, 0.29) is 17.0 Å². The number of carboxylic acids is 1. The number of carbonyl (C=O) groups is 1. The van der Waals surface area contributed by atoms with Gasteiger partial charge in [-0.3, -0.25) is 0 Å². The zero-order chi connectivity index (χ0) is 11.4. The number of hydrogen-bond acceptors (Lipinski definition) is 3. The molecule has 1 unspecified atom stereocenters. The quantitative estimate of drug-likeness (QED) is 0.677. The van der Waals surface area contributed by atoms with Gasteiger partial charge < -0.3 is 14.9 Å². The standard InChI is InChI=1S/C9H11NO4S/c1-2-15(14)10-7-4-3-6(9(12)13)5-8(7)11/h3-5,10-11H,2H2,1H3,(H,12,13). The molecule has 1 aromatic rings. The van der Waals surface area contributed by atoms with Crippen LogP contribution >= 0.6 is 0 Å². The number of carboxylic acid groups (broad SMARTS) is 1. The van der Waals surface area contributed by atoms with Gasteiger partial charge in [0, 0.05) is 5.75 Å². The van der Waals surface area contributed by atoms with Crippen LogP contribution in [0.3, 0.4) is 0 Å². The second kappa shape index (κ2) is 4.79. The number of rotatable bonds is 4. The van der Waals surface area contributed by atoms with Crippen molar-refractivity contribution in [1.29, 1.82) is 0 Å². The Labute approximate surface area is 89.3 Å². The highest BCUT2D eigenvalue weighted by molar-refractivity contribution is 7.86. The van der Waals surface area contributed by atoms with E-state index >= 15 is 0 Å². The summed E-state index contributed by atoms with van der Waals surface area (Å²) in [5, 5.41) is 18.1. The summed E-state index contributed by atoms with van der Waals surface area (Å²) >= 11 is 0. The van der Waals surface area contributed by atoms with Crippen molar-refractivity contribution in [2.75, 3.05) is 10.5 Å². The lowest BCUT2D eigenvalue weighted by molar-refractivity contribution is 0.0696. The van der Waals surface area contributed by atoms with E-state index in [2.05, 4.69) is 4.72 Å². The Balaban J connectivity index is 2.93. The molecule has 0 saturated heterocycles. The minimum Gasteiger partial charge on any atom is -0.506 e. The smallest absolute Gasteiger partial charge is 0.335 e. The first-order chi connectivity index (χ1) is 7.04. The van der Waals surface area contributed by atoms with Gasteiger partial charge in [0.1, 0.15) is 16.7 Å². The van der Waals surface area contributed by atoms with E-state index in [1.54, 1.807) is 6.92 Å². The van der Waals surface area contributed by atoms with Crippen LogP contribution in [0.1, 0.15) is 17.3 Å². The van der Waals surface area contributed by atoms with Crippen molar-refractivity contribution in [3.8, 4) is 5.75 Å². The molecule has 0 fully saturated rings. The molecule has 0 bridgehead atoms. The van der Waals surface area contributed by atoms with Crippen LogP contribution in [0.4, 0.5) is 5.69 Å². The number of hydrogen-bond donors (Lipinski definition) is 3. The molecule has 15 heavy (non-hydrogen) atoms. The predicted octanol–water partition coefficient (Wildman–Crippen LogP) is 1.19. The zero-order valence-corrected chi connectivity index (χ0v) is 8.87. The van der Waals surface area contributed by atoms with Gasteiger partial charge in [-0.15, -0.1) is 0 Å². The molecule has 0 aliphatic heterocycles.